The highest BCUT2D eigenvalue weighted by molar-refractivity contribution is 9.13. The molecule has 4 nitrogen and oxygen atoms in total. The Hall–Kier alpha value is -1.14. The van der Waals surface area contributed by atoms with Crippen LogP contribution in [0, 0.1) is 0 Å². The quantitative estimate of drug-likeness (QED) is 0.830. The minimum Gasteiger partial charge on any atom is -0.497 e. The van der Waals surface area contributed by atoms with Gasteiger partial charge in [-0.2, -0.15) is 5.10 Å². The van der Waals surface area contributed by atoms with Crippen molar-refractivity contribution in [3.05, 3.63) is 55.3 Å². The molecule has 0 amide bonds. The molecule has 0 aliphatic rings. The van der Waals surface area contributed by atoms with E-state index in [1.807, 2.05) is 24.3 Å². The fourth-order valence-corrected chi connectivity index (χ4v) is 2.07. The molecule has 0 fully saturated rings. The fourth-order valence-electron chi connectivity index (χ4n) is 1.50. The van der Waals surface area contributed by atoms with E-state index >= 15 is 0 Å². The molecule has 0 radical (unpaired) electrons. The van der Waals surface area contributed by atoms with E-state index in [4.69, 9.17) is 4.74 Å². The largest absolute Gasteiger partial charge is 0.497 e. The summed E-state index contributed by atoms with van der Waals surface area (Å²) in [5.41, 5.74) is 0.783. The predicted molar refractivity (Wildman–Crippen MR) is 76.0 cm³/mol. The molecular weight excluding hydrogens is 364 g/mol. The number of aromatic nitrogens is 2. The van der Waals surface area contributed by atoms with Gasteiger partial charge in [-0.25, -0.2) is 4.68 Å². The summed E-state index contributed by atoms with van der Waals surface area (Å²) in [4.78, 5) is 11.9. The van der Waals surface area contributed by atoms with E-state index in [0.717, 1.165) is 11.3 Å². The first-order valence-corrected chi connectivity index (χ1v) is 6.74. The summed E-state index contributed by atoms with van der Waals surface area (Å²) < 4.78 is 7.65. The molecule has 0 spiro atoms. The summed E-state index contributed by atoms with van der Waals surface area (Å²) in [5.74, 6) is 0.761. The van der Waals surface area contributed by atoms with Gasteiger partial charge in [0.05, 0.1) is 24.3 Å². The van der Waals surface area contributed by atoms with Gasteiger partial charge in [0.25, 0.3) is 5.56 Å². The molecule has 2 rings (SSSR count). The van der Waals surface area contributed by atoms with Crippen LogP contribution in [0.3, 0.4) is 0 Å². The molecule has 1 heterocycles. The van der Waals surface area contributed by atoms with Crippen LogP contribution in [0.25, 0.3) is 0 Å². The Bertz CT molecular complexity index is 626. The van der Waals surface area contributed by atoms with Crippen molar-refractivity contribution in [2.24, 2.45) is 0 Å². The van der Waals surface area contributed by atoms with Gasteiger partial charge in [-0.3, -0.25) is 4.79 Å². The second-order valence-corrected chi connectivity index (χ2v) is 5.27. The van der Waals surface area contributed by atoms with Crippen LogP contribution in [0.2, 0.25) is 0 Å². The first-order valence-electron chi connectivity index (χ1n) is 5.16. The minimum absolute atomic E-state index is 0.174. The molecule has 0 aliphatic carbocycles. The molecule has 0 bridgehead atoms. The molecular formula is C12H10Br2N2O2. The maximum Gasteiger partial charge on any atom is 0.282 e. The van der Waals surface area contributed by atoms with E-state index < -0.39 is 0 Å². The Morgan fingerprint density at radius 2 is 2.17 bits per heavy atom. The van der Waals surface area contributed by atoms with Gasteiger partial charge in [0.15, 0.2) is 0 Å². The summed E-state index contributed by atoms with van der Waals surface area (Å²) in [6.07, 6.45) is 1.59. The van der Waals surface area contributed by atoms with Crippen molar-refractivity contribution in [3.63, 3.8) is 0 Å². The van der Waals surface area contributed by atoms with Gasteiger partial charge < -0.3 is 4.74 Å². The molecule has 0 atom stereocenters. The first-order chi connectivity index (χ1) is 8.61. The maximum absolute atomic E-state index is 11.9. The topological polar surface area (TPSA) is 44.1 Å². The smallest absolute Gasteiger partial charge is 0.282 e. The zero-order valence-corrected chi connectivity index (χ0v) is 12.7. The minimum atomic E-state index is -0.174. The van der Waals surface area contributed by atoms with Crippen LogP contribution in [0.5, 0.6) is 5.75 Å². The zero-order chi connectivity index (χ0) is 13.1. The van der Waals surface area contributed by atoms with Crippen molar-refractivity contribution in [3.8, 4) is 5.75 Å². The van der Waals surface area contributed by atoms with Crippen LogP contribution >= 0.6 is 31.9 Å². The summed E-state index contributed by atoms with van der Waals surface area (Å²) in [6, 6.07) is 7.54. The number of hydrogen-bond acceptors (Lipinski definition) is 3. The van der Waals surface area contributed by atoms with Crippen molar-refractivity contribution in [2.75, 3.05) is 7.11 Å². The van der Waals surface area contributed by atoms with E-state index in [1.165, 1.54) is 4.68 Å². The molecule has 1 aromatic carbocycles. The third-order valence-electron chi connectivity index (χ3n) is 2.41. The van der Waals surface area contributed by atoms with Crippen molar-refractivity contribution in [1.29, 1.82) is 0 Å². The van der Waals surface area contributed by atoms with Crippen LogP contribution in [-0.2, 0) is 6.54 Å². The highest BCUT2D eigenvalue weighted by Gasteiger charge is 2.07. The standard InChI is InChI=1S/C12H10Br2N2O2/c1-18-9-4-2-3-8(5-9)7-16-12(17)11(14)10(13)6-15-16/h2-6H,7H2,1H3. The molecule has 0 N–H and O–H groups in total. The molecule has 1 aromatic heterocycles. The monoisotopic (exact) mass is 372 g/mol. The van der Waals surface area contributed by atoms with Gasteiger partial charge in [0, 0.05) is 0 Å². The average molecular weight is 374 g/mol. The number of hydrogen-bond donors (Lipinski definition) is 0. The molecule has 0 saturated heterocycles. The summed E-state index contributed by atoms with van der Waals surface area (Å²) in [6.45, 7) is 0.405. The molecule has 0 saturated carbocycles. The average Bonchev–Trinajstić information content (AvgIpc) is 2.40. The Balaban J connectivity index is 2.34. The Kier molecular flexibility index (Phi) is 4.19. The van der Waals surface area contributed by atoms with Crippen LogP contribution in [-0.4, -0.2) is 16.9 Å². The van der Waals surface area contributed by atoms with Gasteiger partial charge in [0.2, 0.25) is 0 Å². The van der Waals surface area contributed by atoms with Crippen LogP contribution < -0.4 is 10.3 Å². The lowest BCUT2D eigenvalue weighted by molar-refractivity contribution is 0.414. The third-order valence-corrected chi connectivity index (χ3v) is 4.31. The van der Waals surface area contributed by atoms with Gasteiger partial charge in [0.1, 0.15) is 10.2 Å². The van der Waals surface area contributed by atoms with E-state index in [1.54, 1.807) is 13.3 Å². The van der Waals surface area contributed by atoms with E-state index in [0.29, 0.717) is 15.5 Å². The summed E-state index contributed by atoms with van der Waals surface area (Å²) in [5, 5.41) is 4.08. The number of nitrogens with zero attached hydrogens (tertiary/aromatic N) is 2. The van der Waals surface area contributed by atoms with Gasteiger partial charge >= 0.3 is 0 Å². The second kappa shape index (κ2) is 5.67. The predicted octanol–water partition coefficient (Wildman–Crippen LogP) is 2.83. The highest BCUT2D eigenvalue weighted by atomic mass is 79.9. The van der Waals surface area contributed by atoms with Crippen molar-refractivity contribution in [1.82, 2.24) is 9.78 Å². The molecule has 94 valence electrons. The van der Waals surface area contributed by atoms with Gasteiger partial charge in [-0.15, -0.1) is 0 Å². The fraction of sp³-hybridized carbons (Fsp3) is 0.167. The van der Waals surface area contributed by atoms with Crippen LogP contribution in [0.4, 0.5) is 0 Å². The summed E-state index contributed by atoms with van der Waals surface area (Å²) in [7, 11) is 1.61. The third kappa shape index (κ3) is 2.81. The molecule has 0 unspecified atom stereocenters. The van der Waals surface area contributed by atoms with Gasteiger partial charge in [-0.1, -0.05) is 12.1 Å². The van der Waals surface area contributed by atoms with Crippen molar-refractivity contribution >= 4 is 31.9 Å². The van der Waals surface area contributed by atoms with Gasteiger partial charge in [-0.05, 0) is 49.6 Å². The first kappa shape index (κ1) is 13.3. The SMILES string of the molecule is COc1cccc(Cn2ncc(Br)c(Br)c2=O)c1. The Morgan fingerprint density at radius 3 is 2.89 bits per heavy atom. The lowest BCUT2D eigenvalue weighted by Gasteiger charge is -2.07. The Morgan fingerprint density at radius 1 is 1.39 bits per heavy atom. The Labute approximate surface area is 121 Å². The lowest BCUT2D eigenvalue weighted by atomic mass is 10.2. The second-order valence-electron chi connectivity index (χ2n) is 3.62. The number of halogens is 2. The van der Waals surface area contributed by atoms with Crippen LogP contribution in [0.15, 0.2) is 44.2 Å². The molecule has 2 aromatic rings. The number of ether oxygens (including phenoxy) is 1. The lowest BCUT2D eigenvalue weighted by Crippen LogP contribution is -2.24. The summed E-state index contributed by atoms with van der Waals surface area (Å²) >= 11 is 6.47. The zero-order valence-electron chi connectivity index (χ0n) is 9.56. The van der Waals surface area contributed by atoms with Crippen LogP contribution in [0.1, 0.15) is 5.56 Å². The number of rotatable bonds is 3. The van der Waals surface area contributed by atoms with E-state index in [-0.39, 0.29) is 5.56 Å². The maximum atomic E-state index is 11.9. The van der Waals surface area contributed by atoms with E-state index in [9.17, 15) is 4.79 Å². The normalized spacial score (nSPS) is 10.4. The van der Waals surface area contributed by atoms with Crippen molar-refractivity contribution in [2.45, 2.75) is 6.54 Å². The molecule has 6 heteroatoms. The molecule has 18 heavy (non-hydrogen) atoms. The number of methoxy groups -OCH3 is 1. The highest BCUT2D eigenvalue weighted by Crippen LogP contribution is 2.17. The molecule has 0 aliphatic heterocycles. The number of benzene rings is 1. The van der Waals surface area contributed by atoms with Crippen molar-refractivity contribution < 1.29 is 4.74 Å². The van der Waals surface area contributed by atoms with E-state index in [2.05, 4.69) is 37.0 Å².